The smallest absolute Gasteiger partial charge is 0.220 e. The highest BCUT2D eigenvalue weighted by Gasteiger charge is 2.39. The molecule has 0 saturated carbocycles. The number of piperidine rings is 1. The second-order valence-electron chi connectivity index (χ2n) is 8.49. The van der Waals surface area contributed by atoms with Crippen LogP contribution in [0.1, 0.15) is 57.5 Å². The van der Waals surface area contributed by atoms with Crippen LogP contribution in [0.3, 0.4) is 0 Å². The molecule has 164 valence electrons. The molecular formula is C21H33N6O3+. The lowest BCUT2D eigenvalue weighted by Gasteiger charge is -2.35. The summed E-state index contributed by atoms with van der Waals surface area (Å²) in [6.45, 7) is 7.96. The quantitative estimate of drug-likeness (QED) is 0.655. The molecule has 9 nitrogen and oxygen atoms in total. The number of rotatable bonds is 8. The molecule has 3 N–H and O–H groups in total. The number of amides is 1. The maximum Gasteiger partial charge on any atom is 0.220 e. The monoisotopic (exact) mass is 417 g/mol. The first kappa shape index (κ1) is 22.0. The molecule has 1 aromatic heterocycles. The molecule has 3 rings (SSSR count). The van der Waals surface area contributed by atoms with E-state index in [1.54, 1.807) is 14.2 Å². The fourth-order valence-electron chi connectivity index (χ4n) is 4.12. The van der Waals surface area contributed by atoms with E-state index in [9.17, 15) is 4.79 Å². The summed E-state index contributed by atoms with van der Waals surface area (Å²) in [4.78, 5) is 13.0. The second kappa shape index (κ2) is 8.99. The topological polar surface area (TPSA) is 110 Å². The Morgan fingerprint density at radius 3 is 2.57 bits per heavy atom. The van der Waals surface area contributed by atoms with Gasteiger partial charge in [-0.25, -0.2) is 4.68 Å². The van der Waals surface area contributed by atoms with Crippen molar-refractivity contribution in [3.63, 3.8) is 0 Å². The van der Waals surface area contributed by atoms with Crippen molar-refractivity contribution in [1.82, 2.24) is 20.2 Å². The largest absolute Gasteiger partial charge is 0.497 e. The summed E-state index contributed by atoms with van der Waals surface area (Å²) in [6.07, 6.45) is 2.37. The number of nitrogens with one attached hydrogen (secondary N) is 1. The summed E-state index contributed by atoms with van der Waals surface area (Å²) in [5, 5.41) is 12.8. The molecule has 1 amide bonds. The zero-order valence-electron chi connectivity index (χ0n) is 18.5. The highest BCUT2D eigenvalue weighted by Crippen LogP contribution is 2.33. The van der Waals surface area contributed by atoms with E-state index in [4.69, 9.17) is 15.2 Å². The zero-order valence-corrected chi connectivity index (χ0v) is 18.5. The van der Waals surface area contributed by atoms with Crippen LogP contribution >= 0.6 is 0 Å². The van der Waals surface area contributed by atoms with Gasteiger partial charge in [-0.05, 0) is 48.9 Å². The van der Waals surface area contributed by atoms with Gasteiger partial charge in [0.25, 0.3) is 0 Å². The van der Waals surface area contributed by atoms with Crippen molar-refractivity contribution in [1.29, 1.82) is 0 Å². The van der Waals surface area contributed by atoms with Gasteiger partial charge in [-0.2, -0.15) is 0 Å². The Morgan fingerprint density at radius 2 is 2.00 bits per heavy atom. The first-order valence-corrected chi connectivity index (χ1v) is 10.5. The summed E-state index contributed by atoms with van der Waals surface area (Å²) >= 11 is 0. The summed E-state index contributed by atoms with van der Waals surface area (Å²) in [5.74, 6) is 1.98. The highest BCUT2D eigenvalue weighted by molar-refractivity contribution is 5.76. The normalized spacial score (nSPS) is 20.6. The first-order valence-electron chi connectivity index (χ1n) is 10.5. The standard InChI is InChI=1S/C21H32N6O3/c1-6-21(2,3)27-20(23-24-25-27)18(26-11-9-14(10-12-26)19(22)28)16-13-15(29-4)7-8-17(16)30-5/h7-8,13-14,18H,6,9-12H2,1-5H3,(H2,22,28)/p+1/t18-/m1/s1. The molecule has 0 spiro atoms. The number of hydrogen-bond acceptors (Lipinski definition) is 6. The number of methoxy groups -OCH3 is 2. The predicted octanol–water partition coefficient (Wildman–Crippen LogP) is 0.705. The Labute approximate surface area is 177 Å². The third-order valence-corrected chi connectivity index (χ3v) is 6.38. The van der Waals surface area contributed by atoms with Crippen molar-refractivity contribution >= 4 is 5.91 Å². The van der Waals surface area contributed by atoms with E-state index in [1.807, 2.05) is 22.9 Å². The maximum absolute atomic E-state index is 11.7. The van der Waals surface area contributed by atoms with Gasteiger partial charge in [-0.15, -0.1) is 5.10 Å². The molecule has 9 heteroatoms. The molecule has 1 aromatic carbocycles. The number of nitrogens with two attached hydrogens (primary N) is 1. The third-order valence-electron chi connectivity index (χ3n) is 6.38. The van der Waals surface area contributed by atoms with Crippen molar-refractivity contribution in [3.8, 4) is 11.5 Å². The highest BCUT2D eigenvalue weighted by atomic mass is 16.5. The van der Waals surface area contributed by atoms with Gasteiger partial charge in [0.15, 0.2) is 6.04 Å². The van der Waals surface area contributed by atoms with Gasteiger partial charge in [-0.1, -0.05) is 6.92 Å². The fourth-order valence-corrected chi connectivity index (χ4v) is 4.12. The van der Waals surface area contributed by atoms with Crippen molar-refractivity contribution in [2.45, 2.75) is 51.6 Å². The molecule has 2 aromatic rings. The maximum atomic E-state index is 11.7. The number of hydrogen-bond donors (Lipinski definition) is 2. The van der Waals surface area contributed by atoms with Crippen LogP contribution in [-0.4, -0.2) is 53.4 Å². The Balaban J connectivity index is 2.10. The number of benzene rings is 1. The summed E-state index contributed by atoms with van der Waals surface area (Å²) in [6, 6.07) is 5.63. The van der Waals surface area contributed by atoms with E-state index in [0.717, 1.165) is 55.2 Å². The molecule has 1 aliphatic rings. The number of nitrogens with zero attached hydrogens (tertiary/aromatic N) is 4. The predicted molar refractivity (Wildman–Crippen MR) is 111 cm³/mol. The minimum Gasteiger partial charge on any atom is -0.497 e. The fraction of sp³-hybridized carbons (Fsp3) is 0.619. The molecule has 1 atom stereocenters. The molecule has 1 aliphatic heterocycles. The SMILES string of the molecule is CCC(C)(C)n1nnnc1[C@@H](c1cc(OC)ccc1OC)[NH+]1CCC(C(N)=O)CC1. The summed E-state index contributed by atoms with van der Waals surface area (Å²) in [7, 11) is 3.31. The van der Waals surface area contributed by atoms with Gasteiger partial charge < -0.3 is 20.1 Å². The number of tetrazole rings is 1. The molecule has 0 radical (unpaired) electrons. The van der Waals surface area contributed by atoms with Gasteiger partial charge in [0, 0.05) is 18.8 Å². The van der Waals surface area contributed by atoms with Crippen LogP contribution in [-0.2, 0) is 10.3 Å². The lowest BCUT2D eigenvalue weighted by Crippen LogP contribution is -3.13. The van der Waals surface area contributed by atoms with Crippen LogP contribution in [0.4, 0.5) is 0 Å². The van der Waals surface area contributed by atoms with Crippen molar-refractivity contribution in [2.75, 3.05) is 27.3 Å². The minimum atomic E-state index is -0.242. The van der Waals surface area contributed by atoms with E-state index < -0.39 is 0 Å². The molecule has 0 unspecified atom stereocenters. The Hall–Kier alpha value is -2.68. The average Bonchev–Trinajstić information content (AvgIpc) is 3.24. The van der Waals surface area contributed by atoms with Gasteiger partial charge in [0.05, 0.1) is 38.4 Å². The molecule has 2 heterocycles. The second-order valence-corrected chi connectivity index (χ2v) is 8.49. The van der Waals surface area contributed by atoms with Crippen molar-refractivity contribution in [3.05, 3.63) is 29.6 Å². The van der Waals surface area contributed by atoms with Crippen molar-refractivity contribution < 1.29 is 19.2 Å². The first-order chi connectivity index (χ1) is 14.3. The number of likely N-dealkylation sites (tertiary alicyclic amines) is 1. The number of carbonyl (C=O) groups excluding carboxylic acids is 1. The van der Waals surface area contributed by atoms with Gasteiger partial charge >= 0.3 is 0 Å². The molecule has 1 fully saturated rings. The van der Waals surface area contributed by atoms with Gasteiger partial charge in [0.1, 0.15) is 11.5 Å². The van der Waals surface area contributed by atoms with Crippen LogP contribution in [0.15, 0.2) is 18.2 Å². The van der Waals surface area contributed by atoms with Crippen LogP contribution in [0.5, 0.6) is 11.5 Å². The average molecular weight is 418 g/mol. The summed E-state index contributed by atoms with van der Waals surface area (Å²) < 4.78 is 13.1. The van der Waals surface area contributed by atoms with E-state index in [0.29, 0.717) is 0 Å². The van der Waals surface area contributed by atoms with E-state index >= 15 is 0 Å². The number of primary amides is 1. The molecule has 0 aliphatic carbocycles. The number of quaternary nitrogens is 1. The zero-order chi connectivity index (χ0) is 21.9. The van der Waals surface area contributed by atoms with Crippen LogP contribution < -0.4 is 20.1 Å². The van der Waals surface area contributed by atoms with E-state index in [-0.39, 0.29) is 23.4 Å². The Kier molecular flexibility index (Phi) is 6.60. The van der Waals surface area contributed by atoms with E-state index in [2.05, 4.69) is 36.3 Å². The minimum absolute atomic E-state index is 0.0790. The van der Waals surface area contributed by atoms with E-state index in [1.165, 1.54) is 4.90 Å². The van der Waals surface area contributed by atoms with Gasteiger partial charge in [0.2, 0.25) is 11.7 Å². The van der Waals surface area contributed by atoms with Crippen molar-refractivity contribution in [2.24, 2.45) is 11.7 Å². The Bertz CT molecular complexity index is 873. The Morgan fingerprint density at radius 1 is 1.30 bits per heavy atom. The van der Waals surface area contributed by atoms with Crippen LogP contribution in [0.2, 0.25) is 0 Å². The number of aromatic nitrogens is 4. The molecule has 0 bridgehead atoms. The number of ether oxygens (including phenoxy) is 2. The lowest BCUT2D eigenvalue weighted by atomic mass is 9.92. The molecule has 30 heavy (non-hydrogen) atoms. The van der Waals surface area contributed by atoms with Crippen LogP contribution in [0, 0.1) is 5.92 Å². The lowest BCUT2D eigenvalue weighted by molar-refractivity contribution is -0.931. The van der Waals surface area contributed by atoms with Crippen LogP contribution in [0.25, 0.3) is 0 Å². The molecular weight excluding hydrogens is 384 g/mol. The summed E-state index contributed by atoms with van der Waals surface area (Å²) in [5.41, 5.74) is 6.28. The third kappa shape index (κ3) is 4.26. The number of carbonyl (C=O) groups is 1. The molecule has 1 saturated heterocycles. The van der Waals surface area contributed by atoms with Gasteiger partial charge in [-0.3, -0.25) is 4.79 Å².